The van der Waals surface area contributed by atoms with Gasteiger partial charge in [0.1, 0.15) is 10.4 Å². The number of aromatic nitrogens is 3. The van der Waals surface area contributed by atoms with E-state index in [4.69, 9.17) is 17.0 Å². The predicted molar refractivity (Wildman–Crippen MR) is 82.3 cm³/mol. The van der Waals surface area contributed by atoms with E-state index in [1.54, 1.807) is 7.11 Å². The van der Waals surface area contributed by atoms with Crippen molar-refractivity contribution in [2.24, 2.45) is 0 Å². The molecule has 3 rings (SSSR count). The van der Waals surface area contributed by atoms with Crippen LogP contribution in [0.15, 0.2) is 30.3 Å². The van der Waals surface area contributed by atoms with Crippen molar-refractivity contribution in [3.8, 4) is 11.4 Å². The van der Waals surface area contributed by atoms with Crippen molar-refractivity contribution >= 4 is 23.1 Å². The third kappa shape index (κ3) is 2.00. The van der Waals surface area contributed by atoms with Crippen molar-refractivity contribution in [3.63, 3.8) is 0 Å². The van der Waals surface area contributed by atoms with Gasteiger partial charge in [0, 0.05) is 5.69 Å². The standard InChI is InChI=1S/C15H15N3OS/c1-9-8-13-14(15(20)16-9)10(2)17-18(13)11-4-6-12(19-3)7-5-11/h4-8H,1-3H3,(H,16,20). The average Bonchev–Trinajstić information content (AvgIpc) is 2.76. The normalized spacial score (nSPS) is 10.9. The topological polar surface area (TPSA) is 42.8 Å². The van der Waals surface area contributed by atoms with Crippen molar-refractivity contribution in [2.45, 2.75) is 13.8 Å². The molecule has 1 N–H and O–H groups in total. The molecule has 0 bridgehead atoms. The van der Waals surface area contributed by atoms with Gasteiger partial charge in [-0.15, -0.1) is 0 Å². The number of methoxy groups -OCH3 is 1. The van der Waals surface area contributed by atoms with Crippen LogP contribution in [0.25, 0.3) is 16.6 Å². The minimum Gasteiger partial charge on any atom is -0.497 e. The van der Waals surface area contributed by atoms with E-state index in [-0.39, 0.29) is 0 Å². The smallest absolute Gasteiger partial charge is 0.119 e. The fourth-order valence-corrected chi connectivity index (χ4v) is 2.78. The molecule has 0 saturated heterocycles. The highest BCUT2D eigenvalue weighted by Crippen LogP contribution is 2.24. The first kappa shape index (κ1) is 12.9. The molecular formula is C15H15N3OS. The second kappa shape index (κ2) is 4.76. The van der Waals surface area contributed by atoms with Gasteiger partial charge in [0.05, 0.1) is 29.4 Å². The molecule has 0 aliphatic rings. The number of nitrogens with zero attached hydrogens (tertiary/aromatic N) is 2. The largest absolute Gasteiger partial charge is 0.497 e. The molecule has 1 aromatic carbocycles. The Morgan fingerprint density at radius 2 is 1.90 bits per heavy atom. The van der Waals surface area contributed by atoms with Crippen LogP contribution in [0.4, 0.5) is 0 Å². The SMILES string of the molecule is COc1ccc(-n2nc(C)c3c(=S)[nH]c(C)cc32)cc1. The zero-order chi connectivity index (χ0) is 14.3. The van der Waals surface area contributed by atoms with Gasteiger partial charge in [-0.1, -0.05) is 12.2 Å². The van der Waals surface area contributed by atoms with E-state index in [0.717, 1.165) is 38.4 Å². The lowest BCUT2D eigenvalue weighted by molar-refractivity contribution is 0.414. The maximum absolute atomic E-state index is 5.40. The van der Waals surface area contributed by atoms with Crippen molar-refractivity contribution in [2.75, 3.05) is 7.11 Å². The Kier molecular flexibility index (Phi) is 3.06. The molecule has 20 heavy (non-hydrogen) atoms. The van der Waals surface area contributed by atoms with Crippen LogP contribution >= 0.6 is 12.2 Å². The number of nitrogens with one attached hydrogen (secondary N) is 1. The molecule has 0 spiro atoms. The minimum absolute atomic E-state index is 0.734. The number of fused-ring (bicyclic) bond motifs is 1. The summed E-state index contributed by atoms with van der Waals surface area (Å²) in [5.74, 6) is 0.829. The fourth-order valence-electron chi connectivity index (χ4n) is 2.36. The van der Waals surface area contributed by atoms with Crippen LogP contribution in [0.5, 0.6) is 5.75 Å². The monoisotopic (exact) mass is 285 g/mol. The molecule has 0 amide bonds. The summed E-state index contributed by atoms with van der Waals surface area (Å²) in [6.45, 7) is 3.97. The third-order valence-corrected chi connectivity index (χ3v) is 3.61. The van der Waals surface area contributed by atoms with E-state index in [0.29, 0.717) is 0 Å². The van der Waals surface area contributed by atoms with E-state index >= 15 is 0 Å². The van der Waals surface area contributed by atoms with Crippen LogP contribution in [0.2, 0.25) is 0 Å². The predicted octanol–water partition coefficient (Wildman–Crippen LogP) is 3.71. The van der Waals surface area contributed by atoms with Gasteiger partial charge in [-0.2, -0.15) is 5.10 Å². The van der Waals surface area contributed by atoms with Crippen LogP contribution in [-0.2, 0) is 0 Å². The van der Waals surface area contributed by atoms with Gasteiger partial charge in [-0.05, 0) is 44.2 Å². The van der Waals surface area contributed by atoms with Gasteiger partial charge in [-0.3, -0.25) is 0 Å². The highest BCUT2D eigenvalue weighted by Gasteiger charge is 2.11. The number of hydrogen-bond acceptors (Lipinski definition) is 3. The lowest BCUT2D eigenvalue weighted by Gasteiger charge is -2.05. The molecule has 2 heterocycles. The first-order valence-electron chi connectivity index (χ1n) is 6.34. The Balaban J connectivity index is 2.28. The summed E-state index contributed by atoms with van der Waals surface area (Å²) >= 11 is 5.40. The molecule has 2 aromatic heterocycles. The summed E-state index contributed by atoms with van der Waals surface area (Å²) in [7, 11) is 1.66. The Morgan fingerprint density at radius 1 is 1.20 bits per heavy atom. The van der Waals surface area contributed by atoms with Gasteiger partial charge in [0.2, 0.25) is 0 Å². The van der Waals surface area contributed by atoms with Crippen LogP contribution < -0.4 is 4.74 Å². The molecule has 0 aliphatic carbocycles. The quantitative estimate of drug-likeness (QED) is 0.730. The molecule has 0 fully saturated rings. The summed E-state index contributed by atoms with van der Waals surface area (Å²) in [6, 6.07) is 9.89. The van der Waals surface area contributed by atoms with E-state index in [2.05, 4.69) is 16.1 Å². The van der Waals surface area contributed by atoms with Gasteiger partial charge in [0.15, 0.2) is 0 Å². The molecule has 0 atom stereocenters. The first-order valence-corrected chi connectivity index (χ1v) is 6.74. The molecular weight excluding hydrogens is 270 g/mol. The molecule has 0 radical (unpaired) electrons. The van der Waals surface area contributed by atoms with Crippen molar-refractivity contribution < 1.29 is 4.74 Å². The van der Waals surface area contributed by atoms with E-state index in [1.807, 2.05) is 42.8 Å². The molecule has 5 heteroatoms. The molecule has 3 aromatic rings. The van der Waals surface area contributed by atoms with Gasteiger partial charge >= 0.3 is 0 Å². The second-order valence-corrected chi connectivity index (χ2v) is 5.15. The summed E-state index contributed by atoms with van der Waals surface area (Å²) < 4.78 is 7.84. The highest BCUT2D eigenvalue weighted by atomic mass is 32.1. The molecule has 0 saturated carbocycles. The number of pyridine rings is 1. The molecule has 4 nitrogen and oxygen atoms in total. The van der Waals surface area contributed by atoms with Crippen LogP contribution in [0.3, 0.4) is 0 Å². The summed E-state index contributed by atoms with van der Waals surface area (Å²) in [4.78, 5) is 3.18. The van der Waals surface area contributed by atoms with Crippen LogP contribution in [0.1, 0.15) is 11.4 Å². The van der Waals surface area contributed by atoms with Crippen molar-refractivity contribution in [1.82, 2.24) is 14.8 Å². The Morgan fingerprint density at radius 3 is 2.55 bits per heavy atom. The summed E-state index contributed by atoms with van der Waals surface area (Å²) in [6.07, 6.45) is 0. The van der Waals surface area contributed by atoms with Gasteiger partial charge in [-0.25, -0.2) is 4.68 Å². The summed E-state index contributed by atoms with van der Waals surface area (Å²) in [5, 5.41) is 5.61. The number of aryl methyl sites for hydroxylation is 2. The maximum atomic E-state index is 5.40. The number of benzene rings is 1. The van der Waals surface area contributed by atoms with Gasteiger partial charge < -0.3 is 9.72 Å². The third-order valence-electron chi connectivity index (χ3n) is 3.30. The van der Waals surface area contributed by atoms with Crippen molar-refractivity contribution in [1.29, 1.82) is 0 Å². The number of aromatic amines is 1. The highest BCUT2D eigenvalue weighted by molar-refractivity contribution is 7.71. The zero-order valence-electron chi connectivity index (χ0n) is 11.6. The average molecular weight is 285 g/mol. The van der Waals surface area contributed by atoms with Crippen molar-refractivity contribution in [3.05, 3.63) is 46.4 Å². The lowest BCUT2D eigenvalue weighted by atomic mass is 10.2. The number of rotatable bonds is 2. The molecule has 0 unspecified atom stereocenters. The number of ether oxygens (including phenoxy) is 1. The summed E-state index contributed by atoms with van der Waals surface area (Å²) in [5.41, 5.74) is 3.96. The maximum Gasteiger partial charge on any atom is 0.119 e. The van der Waals surface area contributed by atoms with Crippen LogP contribution in [-0.4, -0.2) is 21.9 Å². The number of hydrogen-bond donors (Lipinski definition) is 1. The molecule has 0 aliphatic heterocycles. The van der Waals surface area contributed by atoms with Gasteiger partial charge in [0.25, 0.3) is 0 Å². The van der Waals surface area contributed by atoms with E-state index in [9.17, 15) is 0 Å². The second-order valence-electron chi connectivity index (χ2n) is 4.74. The minimum atomic E-state index is 0.734. The van der Waals surface area contributed by atoms with E-state index < -0.39 is 0 Å². The Labute approximate surface area is 122 Å². The molecule has 102 valence electrons. The fraction of sp³-hybridized carbons (Fsp3) is 0.200. The first-order chi connectivity index (χ1) is 9.60. The van der Waals surface area contributed by atoms with E-state index in [1.165, 1.54) is 0 Å². The Bertz CT molecular complexity index is 831. The lowest BCUT2D eigenvalue weighted by Crippen LogP contribution is -1.97. The Hall–Kier alpha value is -2.14. The number of H-pyrrole nitrogens is 1. The zero-order valence-corrected chi connectivity index (χ0v) is 12.4. The van der Waals surface area contributed by atoms with Crippen LogP contribution in [0, 0.1) is 18.5 Å².